The van der Waals surface area contributed by atoms with Crippen LogP contribution in [0.5, 0.6) is 0 Å². The fraction of sp³-hybridized carbons (Fsp3) is 0.577. The molecule has 0 saturated carbocycles. The monoisotopic (exact) mass is 471 g/mol. The van der Waals surface area contributed by atoms with Crippen molar-refractivity contribution in [1.29, 1.82) is 0 Å². The number of allylic oxidation sites excluding steroid dienone is 2. The van der Waals surface area contributed by atoms with E-state index in [1.54, 1.807) is 12.1 Å². The average molecular weight is 472 g/mol. The van der Waals surface area contributed by atoms with Crippen LogP contribution >= 0.6 is 0 Å². The summed E-state index contributed by atoms with van der Waals surface area (Å²) in [4.78, 5) is 43.2. The van der Waals surface area contributed by atoms with Gasteiger partial charge in [-0.25, -0.2) is 4.39 Å². The summed E-state index contributed by atoms with van der Waals surface area (Å²) in [5, 5.41) is 3.02. The number of hydrogen-bond donors (Lipinski definition) is 1. The van der Waals surface area contributed by atoms with Gasteiger partial charge in [-0.2, -0.15) is 0 Å². The Morgan fingerprint density at radius 2 is 1.65 bits per heavy atom. The molecular weight excluding hydrogens is 437 g/mol. The van der Waals surface area contributed by atoms with Gasteiger partial charge in [-0.05, 0) is 42.9 Å². The predicted octanol–water partition coefficient (Wildman–Crippen LogP) is 2.68. The number of ether oxygens (including phenoxy) is 1. The third kappa shape index (κ3) is 5.23. The summed E-state index contributed by atoms with van der Waals surface area (Å²) in [5.74, 6) is -1.69. The van der Waals surface area contributed by atoms with Crippen LogP contribution in [0.3, 0.4) is 0 Å². The molecule has 0 aromatic heterocycles. The average Bonchev–Trinajstić information content (AvgIpc) is 3.09. The van der Waals surface area contributed by atoms with Crippen LogP contribution in [0.4, 0.5) is 4.39 Å². The van der Waals surface area contributed by atoms with E-state index in [0.717, 1.165) is 5.56 Å². The van der Waals surface area contributed by atoms with Gasteiger partial charge < -0.3 is 10.1 Å². The van der Waals surface area contributed by atoms with Gasteiger partial charge in [0.25, 0.3) is 0 Å². The molecule has 2 aliphatic heterocycles. The van der Waals surface area contributed by atoms with Crippen LogP contribution in [0.2, 0.25) is 0 Å². The van der Waals surface area contributed by atoms with Crippen LogP contribution in [0.1, 0.15) is 44.7 Å². The Morgan fingerprint density at radius 3 is 2.21 bits per heavy atom. The van der Waals surface area contributed by atoms with E-state index in [1.807, 2.05) is 26.0 Å². The second-order valence-corrected chi connectivity index (χ2v) is 9.81. The zero-order valence-electron chi connectivity index (χ0n) is 19.9. The lowest BCUT2D eigenvalue weighted by molar-refractivity contribution is -0.148. The minimum absolute atomic E-state index is 0.129. The van der Waals surface area contributed by atoms with Crippen molar-refractivity contribution in [2.45, 2.75) is 45.2 Å². The molecule has 1 aromatic rings. The molecule has 2 saturated heterocycles. The van der Waals surface area contributed by atoms with Crippen LogP contribution in [0.15, 0.2) is 36.4 Å². The molecule has 184 valence electrons. The smallest absolute Gasteiger partial charge is 0.243 e. The molecule has 1 aliphatic carbocycles. The molecule has 1 N–H and O–H groups in total. The fourth-order valence-corrected chi connectivity index (χ4v) is 5.26. The maximum Gasteiger partial charge on any atom is 0.243 e. The SMILES string of the molecule is CC(C)C[C@H](C(=O)NC[C@H](c1ccc(F)cc1)N1CCOCC1)N1C(=O)[C@H]2CC=CC[C@H]2C1=O. The van der Waals surface area contributed by atoms with Crippen molar-refractivity contribution in [3.05, 3.63) is 47.8 Å². The Morgan fingerprint density at radius 1 is 1.06 bits per heavy atom. The van der Waals surface area contributed by atoms with Gasteiger partial charge in [-0.1, -0.05) is 38.1 Å². The van der Waals surface area contributed by atoms with Crippen molar-refractivity contribution in [3.63, 3.8) is 0 Å². The molecule has 3 aliphatic rings. The first-order valence-electron chi connectivity index (χ1n) is 12.2. The molecule has 4 atom stereocenters. The normalized spacial score (nSPS) is 24.9. The van der Waals surface area contributed by atoms with Crippen molar-refractivity contribution >= 4 is 17.7 Å². The van der Waals surface area contributed by atoms with E-state index in [1.165, 1.54) is 17.0 Å². The fourth-order valence-electron chi connectivity index (χ4n) is 5.26. The van der Waals surface area contributed by atoms with E-state index in [2.05, 4.69) is 10.2 Å². The van der Waals surface area contributed by atoms with E-state index >= 15 is 0 Å². The molecule has 0 unspecified atom stereocenters. The Hall–Kier alpha value is -2.58. The molecule has 2 heterocycles. The van der Waals surface area contributed by atoms with Gasteiger partial charge in [0, 0.05) is 19.6 Å². The molecule has 0 radical (unpaired) electrons. The van der Waals surface area contributed by atoms with E-state index < -0.39 is 6.04 Å². The van der Waals surface area contributed by atoms with Gasteiger partial charge in [-0.15, -0.1) is 0 Å². The Labute approximate surface area is 200 Å². The Kier molecular flexibility index (Phi) is 7.78. The second kappa shape index (κ2) is 10.8. The standard InChI is InChI=1S/C26H34FN3O4/c1-17(2)15-22(30-25(32)20-5-3-4-6-21(20)26(30)33)24(31)28-16-23(29-11-13-34-14-12-29)18-7-9-19(27)10-8-18/h3-4,7-10,17,20-23H,5-6,11-16H2,1-2H3,(H,28,31)/t20-,21+,22-,23-/m1/s1. The molecule has 8 heteroatoms. The van der Waals surface area contributed by atoms with Gasteiger partial charge in [0.15, 0.2) is 0 Å². The van der Waals surface area contributed by atoms with Gasteiger partial charge >= 0.3 is 0 Å². The zero-order chi connectivity index (χ0) is 24.2. The summed E-state index contributed by atoms with van der Waals surface area (Å²) in [6.07, 6.45) is 5.40. The molecule has 34 heavy (non-hydrogen) atoms. The minimum atomic E-state index is -0.829. The Bertz CT molecular complexity index is 900. The van der Waals surface area contributed by atoms with Gasteiger partial charge in [0.2, 0.25) is 17.7 Å². The predicted molar refractivity (Wildman–Crippen MR) is 125 cm³/mol. The van der Waals surface area contributed by atoms with Gasteiger partial charge in [-0.3, -0.25) is 24.2 Å². The van der Waals surface area contributed by atoms with Gasteiger partial charge in [0.05, 0.1) is 31.1 Å². The first kappa shape index (κ1) is 24.5. The quantitative estimate of drug-likeness (QED) is 0.466. The lowest BCUT2D eigenvalue weighted by Gasteiger charge is -2.35. The first-order chi connectivity index (χ1) is 16.4. The largest absolute Gasteiger partial charge is 0.379 e. The van der Waals surface area contributed by atoms with E-state index in [4.69, 9.17) is 4.74 Å². The summed E-state index contributed by atoms with van der Waals surface area (Å²) < 4.78 is 19.0. The van der Waals surface area contributed by atoms with E-state index in [9.17, 15) is 18.8 Å². The molecule has 0 spiro atoms. The number of likely N-dealkylation sites (tertiary alicyclic amines) is 1. The summed E-state index contributed by atoms with van der Waals surface area (Å²) in [6.45, 7) is 6.84. The van der Waals surface area contributed by atoms with Crippen LogP contribution in [0, 0.1) is 23.6 Å². The second-order valence-electron chi connectivity index (χ2n) is 9.81. The third-order valence-electron chi connectivity index (χ3n) is 7.06. The number of hydrogen-bond acceptors (Lipinski definition) is 5. The molecule has 0 bridgehead atoms. The maximum absolute atomic E-state index is 13.5. The molecular formula is C26H34FN3O4. The highest BCUT2D eigenvalue weighted by Gasteiger charge is 2.51. The zero-order valence-corrected chi connectivity index (χ0v) is 19.9. The third-order valence-corrected chi connectivity index (χ3v) is 7.06. The summed E-state index contributed by atoms with van der Waals surface area (Å²) >= 11 is 0. The molecule has 1 aromatic carbocycles. The lowest BCUT2D eigenvalue weighted by Crippen LogP contribution is -2.52. The van der Waals surface area contributed by atoms with Crippen LogP contribution in [-0.2, 0) is 19.1 Å². The molecule has 2 fully saturated rings. The van der Waals surface area contributed by atoms with E-state index in [-0.39, 0.29) is 47.3 Å². The number of rotatable bonds is 8. The van der Waals surface area contributed by atoms with Crippen LogP contribution < -0.4 is 5.32 Å². The van der Waals surface area contributed by atoms with Crippen LogP contribution in [0.25, 0.3) is 0 Å². The first-order valence-corrected chi connectivity index (χ1v) is 12.2. The highest BCUT2D eigenvalue weighted by molar-refractivity contribution is 6.08. The number of morpholine rings is 1. The number of carbonyl (C=O) groups is 3. The van der Waals surface area contributed by atoms with Crippen LogP contribution in [-0.4, -0.2) is 66.4 Å². The van der Waals surface area contributed by atoms with E-state index in [0.29, 0.717) is 52.1 Å². The number of halogens is 1. The number of carbonyl (C=O) groups excluding carboxylic acids is 3. The number of fused-ring (bicyclic) bond motifs is 1. The summed E-state index contributed by atoms with van der Waals surface area (Å²) in [7, 11) is 0. The van der Waals surface area contributed by atoms with Crippen molar-refractivity contribution < 1.29 is 23.5 Å². The number of amides is 3. The number of benzene rings is 1. The Balaban J connectivity index is 1.51. The number of nitrogens with zero attached hydrogens (tertiary/aromatic N) is 2. The van der Waals surface area contributed by atoms with Gasteiger partial charge in [0.1, 0.15) is 11.9 Å². The minimum Gasteiger partial charge on any atom is -0.379 e. The highest BCUT2D eigenvalue weighted by Crippen LogP contribution is 2.37. The molecule has 4 rings (SSSR count). The lowest BCUT2D eigenvalue weighted by atomic mass is 9.85. The number of imide groups is 1. The van der Waals surface area contributed by atoms with Crippen molar-refractivity contribution in [2.75, 3.05) is 32.8 Å². The number of nitrogens with one attached hydrogen (secondary N) is 1. The van der Waals surface area contributed by atoms with Crippen molar-refractivity contribution in [2.24, 2.45) is 17.8 Å². The topological polar surface area (TPSA) is 79.0 Å². The summed E-state index contributed by atoms with van der Waals surface area (Å²) in [6, 6.07) is 5.32. The van der Waals surface area contributed by atoms with Crippen molar-refractivity contribution in [3.8, 4) is 0 Å². The van der Waals surface area contributed by atoms with Crippen molar-refractivity contribution in [1.82, 2.24) is 15.1 Å². The molecule has 3 amide bonds. The maximum atomic E-state index is 13.5. The molecule has 7 nitrogen and oxygen atoms in total. The summed E-state index contributed by atoms with van der Waals surface area (Å²) in [5.41, 5.74) is 0.898. The highest BCUT2D eigenvalue weighted by atomic mass is 19.1.